The Bertz CT molecular complexity index is 833. The van der Waals surface area contributed by atoms with Crippen LogP contribution in [0.2, 0.25) is 0 Å². The van der Waals surface area contributed by atoms with Gasteiger partial charge >= 0.3 is 0 Å². The molecular weight excluding hydrogens is 404 g/mol. The molecule has 2 N–H and O–H groups in total. The van der Waals surface area contributed by atoms with Gasteiger partial charge in [-0.1, -0.05) is 18.3 Å². The third-order valence-corrected chi connectivity index (χ3v) is 5.93. The number of hydrogen-bond acceptors (Lipinski definition) is 8. The maximum Gasteiger partial charge on any atom is 0.286 e. The fourth-order valence-electron chi connectivity index (χ4n) is 3.17. The van der Waals surface area contributed by atoms with Gasteiger partial charge in [-0.25, -0.2) is 0 Å². The third kappa shape index (κ3) is 6.22. The Balaban J connectivity index is 1.40. The van der Waals surface area contributed by atoms with Gasteiger partial charge in [0.15, 0.2) is 0 Å². The van der Waals surface area contributed by atoms with Gasteiger partial charge in [0, 0.05) is 38.4 Å². The second-order valence-electron chi connectivity index (χ2n) is 6.98. The smallest absolute Gasteiger partial charge is 0.286 e. The topological polar surface area (TPSA) is 99.7 Å². The van der Waals surface area contributed by atoms with Crippen molar-refractivity contribution in [2.45, 2.75) is 13.3 Å². The minimum Gasteiger partial charge on any atom is -0.497 e. The molecule has 0 spiro atoms. The van der Waals surface area contributed by atoms with E-state index in [1.54, 1.807) is 31.4 Å². The number of hydrogen-bond donors (Lipinski definition) is 2. The monoisotopic (exact) mass is 432 g/mol. The Labute approximate surface area is 180 Å². The Kier molecular flexibility index (Phi) is 8.12. The van der Waals surface area contributed by atoms with Gasteiger partial charge in [0.1, 0.15) is 5.75 Å². The summed E-state index contributed by atoms with van der Waals surface area (Å²) >= 11 is 0.978. The van der Waals surface area contributed by atoms with Crippen LogP contribution in [-0.4, -0.2) is 84.7 Å². The number of benzene rings is 1. The van der Waals surface area contributed by atoms with Crippen molar-refractivity contribution in [2.75, 3.05) is 58.2 Å². The molecule has 2 aromatic rings. The summed E-state index contributed by atoms with van der Waals surface area (Å²) in [5, 5.41) is 13.6. The van der Waals surface area contributed by atoms with Gasteiger partial charge in [0.2, 0.25) is 10.0 Å². The number of rotatable bonds is 9. The number of likely N-dealkylation sites (N-methyl/N-ethyl adjacent to an activating group) is 1. The molecule has 0 aliphatic carbocycles. The maximum atomic E-state index is 12.3. The number of aromatic nitrogens is 2. The van der Waals surface area contributed by atoms with E-state index in [0.717, 1.165) is 57.0 Å². The van der Waals surface area contributed by atoms with E-state index >= 15 is 0 Å². The van der Waals surface area contributed by atoms with Crippen LogP contribution in [0.1, 0.15) is 32.9 Å². The van der Waals surface area contributed by atoms with Crippen LogP contribution in [0.3, 0.4) is 0 Å². The first-order valence-corrected chi connectivity index (χ1v) is 10.9. The standard InChI is InChI=1S/C20H28N6O3S/c1-3-25-11-13-26(14-12-25)10-4-9-21-17(27)19-23-24-20(30-19)18(28)22-15-5-7-16(29-2)8-6-15/h5-8H,3-4,9-14H2,1-2H3,(H,21,27)(H,22,28). The van der Waals surface area contributed by atoms with Crippen LogP contribution in [0.5, 0.6) is 5.75 Å². The molecule has 10 heteroatoms. The number of carbonyl (C=O) groups excluding carboxylic acids is 2. The fraction of sp³-hybridized carbons (Fsp3) is 0.500. The molecule has 1 aliphatic heterocycles. The second kappa shape index (κ2) is 11.0. The van der Waals surface area contributed by atoms with Crippen molar-refractivity contribution in [2.24, 2.45) is 0 Å². The van der Waals surface area contributed by atoms with Crippen molar-refractivity contribution in [1.29, 1.82) is 0 Å². The number of anilines is 1. The SMILES string of the molecule is CCN1CCN(CCCNC(=O)c2nnc(C(=O)Nc3ccc(OC)cc3)s2)CC1. The molecule has 30 heavy (non-hydrogen) atoms. The summed E-state index contributed by atoms with van der Waals surface area (Å²) in [4.78, 5) is 29.4. The molecule has 0 bridgehead atoms. The van der Waals surface area contributed by atoms with E-state index in [1.807, 2.05) is 0 Å². The Hall–Kier alpha value is -2.56. The molecule has 162 valence electrons. The number of piperazine rings is 1. The first kappa shape index (κ1) is 22.1. The number of methoxy groups -OCH3 is 1. The van der Waals surface area contributed by atoms with Crippen LogP contribution in [-0.2, 0) is 0 Å². The molecule has 2 heterocycles. The average Bonchev–Trinajstić information content (AvgIpc) is 3.28. The van der Waals surface area contributed by atoms with E-state index in [4.69, 9.17) is 4.74 Å². The quantitative estimate of drug-likeness (QED) is 0.580. The fourth-order valence-corrected chi connectivity index (χ4v) is 3.83. The summed E-state index contributed by atoms with van der Waals surface area (Å²) in [6.07, 6.45) is 0.876. The molecule has 0 atom stereocenters. The zero-order valence-corrected chi connectivity index (χ0v) is 18.2. The van der Waals surface area contributed by atoms with Crippen molar-refractivity contribution in [1.82, 2.24) is 25.3 Å². The molecule has 1 aromatic heterocycles. The molecule has 1 saturated heterocycles. The highest BCUT2D eigenvalue weighted by atomic mass is 32.1. The highest BCUT2D eigenvalue weighted by Gasteiger charge is 2.18. The van der Waals surface area contributed by atoms with Gasteiger partial charge in [-0.05, 0) is 43.8 Å². The van der Waals surface area contributed by atoms with Crippen molar-refractivity contribution < 1.29 is 14.3 Å². The molecule has 2 amide bonds. The van der Waals surface area contributed by atoms with Crippen LogP contribution in [0.25, 0.3) is 0 Å². The van der Waals surface area contributed by atoms with Crippen LogP contribution in [0, 0.1) is 0 Å². The van der Waals surface area contributed by atoms with E-state index in [9.17, 15) is 9.59 Å². The van der Waals surface area contributed by atoms with Crippen LogP contribution in [0.15, 0.2) is 24.3 Å². The van der Waals surface area contributed by atoms with Gasteiger partial charge in [-0.15, -0.1) is 10.2 Å². The number of nitrogens with zero attached hydrogens (tertiary/aromatic N) is 4. The van der Waals surface area contributed by atoms with Crippen molar-refractivity contribution in [3.8, 4) is 5.75 Å². The van der Waals surface area contributed by atoms with Crippen molar-refractivity contribution >= 4 is 28.8 Å². The predicted octanol–water partition coefficient (Wildman–Crippen LogP) is 1.56. The minimum atomic E-state index is -0.400. The molecule has 0 radical (unpaired) electrons. The lowest BCUT2D eigenvalue weighted by molar-refractivity contribution is 0.0946. The molecule has 0 unspecified atom stereocenters. The van der Waals surface area contributed by atoms with Gasteiger partial charge in [-0.2, -0.15) is 0 Å². The summed E-state index contributed by atoms with van der Waals surface area (Å²) in [5.41, 5.74) is 0.613. The van der Waals surface area contributed by atoms with Crippen LogP contribution >= 0.6 is 11.3 Å². The molecule has 1 fully saturated rings. The summed E-state index contributed by atoms with van der Waals surface area (Å²) in [5.74, 6) is 0.000767. The second-order valence-corrected chi connectivity index (χ2v) is 7.96. The molecule has 1 aromatic carbocycles. The summed E-state index contributed by atoms with van der Waals surface area (Å²) in [7, 11) is 1.58. The minimum absolute atomic E-state index is 0.143. The predicted molar refractivity (Wildman–Crippen MR) is 116 cm³/mol. The summed E-state index contributed by atoms with van der Waals surface area (Å²) < 4.78 is 5.09. The first-order chi connectivity index (χ1) is 14.6. The molecule has 0 saturated carbocycles. The number of carbonyl (C=O) groups is 2. The van der Waals surface area contributed by atoms with E-state index < -0.39 is 5.91 Å². The van der Waals surface area contributed by atoms with E-state index in [1.165, 1.54) is 0 Å². The van der Waals surface area contributed by atoms with Gasteiger partial charge in [0.05, 0.1) is 7.11 Å². The lowest BCUT2D eigenvalue weighted by Crippen LogP contribution is -2.46. The van der Waals surface area contributed by atoms with Crippen molar-refractivity contribution in [3.63, 3.8) is 0 Å². The lowest BCUT2D eigenvalue weighted by atomic mass is 10.3. The Morgan fingerprint density at radius 3 is 2.30 bits per heavy atom. The largest absolute Gasteiger partial charge is 0.497 e. The van der Waals surface area contributed by atoms with E-state index in [2.05, 4.69) is 37.6 Å². The van der Waals surface area contributed by atoms with E-state index in [0.29, 0.717) is 18.0 Å². The van der Waals surface area contributed by atoms with Crippen LogP contribution in [0.4, 0.5) is 5.69 Å². The zero-order valence-electron chi connectivity index (χ0n) is 17.4. The van der Waals surface area contributed by atoms with Gasteiger partial charge in [-0.3, -0.25) is 9.59 Å². The van der Waals surface area contributed by atoms with Crippen LogP contribution < -0.4 is 15.4 Å². The molecule has 9 nitrogen and oxygen atoms in total. The highest BCUT2D eigenvalue weighted by molar-refractivity contribution is 7.15. The normalized spacial score (nSPS) is 15.0. The molecule has 3 rings (SSSR count). The number of amides is 2. The highest BCUT2D eigenvalue weighted by Crippen LogP contribution is 2.17. The third-order valence-electron chi connectivity index (χ3n) is 5.01. The Morgan fingerprint density at radius 1 is 1.03 bits per heavy atom. The maximum absolute atomic E-state index is 12.3. The lowest BCUT2D eigenvalue weighted by Gasteiger charge is -2.33. The average molecular weight is 433 g/mol. The van der Waals surface area contributed by atoms with Crippen molar-refractivity contribution in [3.05, 3.63) is 34.3 Å². The van der Waals surface area contributed by atoms with Gasteiger partial charge < -0.3 is 25.2 Å². The number of ether oxygens (including phenoxy) is 1. The van der Waals surface area contributed by atoms with E-state index in [-0.39, 0.29) is 15.9 Å². The molecular formula is C20H28N6O3S. The summed E-state index contributed by atoms with van der Waals surface area (Å²) in [6.45, 7) is 9.18. The Morgan fingerprint density at radius 2 is 1.67 bits per heavy atom. The molecule has 1 aliphatic rings. The zero-order chi connectivity index (χ0) is 21.3. The first-order valence-electron chi connectivity index (χ1n) is 10.1. The number of nitrogens with one attached hydrogen (secondary N) is 2. The summed E-state index contributed by atoms with van der Waals surface area (Å²) in [6, 6.07) is 6.96. The van der Waals surface area contributed by atoms with Gasteiger partial charge in [0.25, 0.3) is 11.8 Å².